The van der Waals surface area contributed by atoms with Gasteiger partial charge in [-0.2, -0.15) is 0 Å². The van der Waals surface area contributed by atoms with E-state index in [-0.39, 0.29) is 11.6 Å². The van der Waals surface area contributed by atoms with Gasteiger partial charge in [0, 0.05) is 17.3 Å². The summed E-state index contributed by atoms with van der Waals surface area (Å²) in [5.74, 6) is 0.301. The molecule has 0 bridgehead atoms. The van der Waals surface area contributed by atoms with E-state index in [4.69, 9.17) is 11.6 Å². The van der Waals surface area contributed by atoms with Crippen molar-refractivity contribution in [2.75, 3.05) is 5.32 Å². The first-order chi connectivity index (χ1) is 11.6. The van der Waals surface area contributed by atoms with Crippen LogP contribution in [0.25, 0.3) is 16.7 Å². The number of benzene rings is 1. The number of carbonyl (C=O) groups excluding carboxylic acids is 1. The number of fused-ring (bicyclic) bond motifs is 2. The summed E-state index contributed by atoms with van der Waals surface area (Å²) in [5.41, 5.74) is 1.64. The average Bonchev–Trinajstić information content (AvgIpc) is 2.97. The second-order valence-corrected chi connectivity index (χ2v) is 5.63. The van der Waals surface area contributed by atoms with E-state index in [9.17, 15) is 4.79 Å². The Morgan fingerprint density at radius 1 is 1.12 bits per heavy atom. The summed E-state index contributed by atoms with van der Waals surface area (Å²) >= 11 is 6.14. The molecule has 0 atom stereocenters. The lowest BCUT2D eigenvalue weighted by Crippen LogP contribution is -2.15. The summed E-state index contributed by atoms with van der Waals surface area (Å²) in [7, 11) is 0. The Morgan fingerprint density at radius 2 is 2.00 bits per heavy atom. The second-order valence-electron chi connectivity index (χ2n) is 5.22. The summed E-state index contributed by atoms with van der Waals surface area (Å²) in [6.07, 6.45) is 1.75. The first-order valence-electron chi connectivity index (χ1n) is 7.17. The van der Waals surface area contributed by atoms with Crippen molar-refractivity contribution in [3.63, 3.8) is 0 Å². The van der Waals surface area contributed by atoms with Crippen LogP contribution in [0.5, 0.6) is 0 Å². The highest BCUT2D eigenvalue weighted by Crippen LogP contribution is 2.21. The highest BCUT2D eigenvalue weighted by Gasteiger charge is 2.14. The molecule has 4 rings (SSSR count). The molecule has 0 unspecified atom stereocenters. The Balaban J connectivity index is 1.69. The van der Waals surface area contributed by atoms with Gasteiger partial charge < -0.3 is 0 Å². The molecule has 1 aromatic carbocycles. The Bertz CT molecular complexity index is 1090. The molecule has 118 valence electrons. The van der Waals surface area contributed by atoms with Gasteiger partial charge in [0.05, 0.1) is 10.5 Å². The Hall–Kier alpha value is -3.06. The van der Waals surface area contributed by atoms with Crippen LogP contribution in [0, 0.1) is 6.92 Å². The molecule has 0 spiro atoms. The summed E-state index contributed by atoms with van der Waals surface area (Å²) in [4.78, 5) is 21.0. The molecule has 1 N–H and O–H groups in total. The number of para-hydroxylation sites is 1. The molecule has 0 aliphatic rings. The van der Waals surface area contributed by atoms with Gasteiger partial charge in [0.25, 0.3) is 11.7 Å². The van der Waals surface area contributed by atoms with E-state index in [0.717, 1.165) is 11.1 Å². The van der Waals surface area contributed by atoms with Gasteiger partial charge in [-0.3, -0.25) is 14.5 Å². The second kappa shape index (κ2) is 5.54. The normalized spacial score (nSPS) is 11.1. The van der Waals surface area contributed by atoms with Crippen molar-refractivity contribution < 1.29 is 4.79 Å². The molecule has 0 aliphatic heterocycles. The lowest BCUT2D eigenvalue weighted by molar-refractivity contribution is 0.102. The van der Waals surface area contributed by atoms with Crippen LogP contribution in [0.15, 0.2) is 42.6 Å². The van der Waals surface area contributed by atoms with Crippen molar-refractivity contribution in [3.8, 4) is 0 Å². The smallest absolute Gasteiger partial charge is 0.276 e. The number of rotatable bonds is 2. The number of carbonyl (C=O) groups is 1. The van der Waals surface area contributed by atoms with Crippen molar-refractivity contribution in [3.05, 3.63) is 59.0 Å². The third-order valence-electron chi connectivity index (χ3n) is 3.55. The predicted molar refractivity (Wildman–Crippen MR) is 90.2 cm³/mol. The monoisotopic (exact) mass is 338 g/mol. The number of anilines is 1. The largest absolute Gasteiger partial charge is 0.289 e. The molecule has 0 saturated carbocycles. The van der Waals surface area contributed by atoms with Gasteiger partial charge in [0.15, 0.2) is 0 Å². The fourth-order valence-corrected chi connectivity index (χ4v) is 2.59. The third-order valence-corrected chi connectivity index (χ3v) is 3.85. The number of aromatic nitrogens is 5. The number of aryl methyl sites for hydroxylation is 1. The molecule has 7 nitrogen and oxygen atoms in total. The molecular formula is C16H11ClN6O. The van der Waals surface area contributed by atoms with Crippen LogP contribution in [0.2, 0.25) is 5.02 Å². The van der Waals surface area contributed by atoms with Crippen molar-refractivity contribution in [1.29, 1.82) is 0 Å². The molecular weight excluding hydrogens is 328 g/mol. The van der Waals surface area contributed by atoms with Crippen LogP contribution in [-0.2, 0) is 0 Å². The van der Waals surface area contributed by atoms with E-state index in [1.807, 2.05) is 19.1 Å². The highest BCUT2D eigenvalue weighted by atomic mass is 35.5. The van der Waals surface area contributed by atoms with Crippen molar-refractivity contribution in [2.45, 2.75) is 6.92 Å². The van der Waals surface area contributed by atoms with Crippen LogP contribution in [-0.4, -0.2) is 30.5 Å². The van der Waals surface area contributed by atoms with Crippen LogP contribution >= 0.6 is 11.6 Å². The minimum atomic E-state index is -0.397. The minimum absolute atomic E-state index is 0.243. The van der Waals surface area contributed by atoms with Gasteiger partial charge in [-0.15, -0.1) is 10.2 Å². The van der Waals surface area contributed by atoms with Gasteiger partial charge in [0.2, 0.25) is 5.95 Å². The summed E-state index contributed by atoms with van der Waals surface area (Å²) in [6.45, 7) is 1.86. The molecule has 3 heterocycles. The molecule has 0 radical (unpaired) electrons. The fourth-order valence-electron chi connectivity index (χ4n) is 2.36. The van der Waals surface area contributed by atoms with Crippen molar-refractivity contribution in [1.82, 2.24) is 24.6 Å². The number of nitrogens with one attached hydrogen (secondary N) is 1. The fraction of sp³-hybridized carbons (Fsp3) is 0.0625. The van der Waals surface area contributed by atoms with Gasteiger partial charge >= 0.3 is 0 Å². The molecule has 24 heavy (non-hydrogen) atoms. The Kier molecular flexibility index (Phi) is 3.35. The molecule has 0 fully saturated rings. The first-order valence-corrected chi connectivity index (χ1v) is 7.54. The van der Waals surface area contributed by atoms with Gasteiger partial charge in [-0.1, -0.05) is 29.8 Å². The van der Waals surface area contributed by atoms with Crippen LogP contribution in [0.4, 0.5) is 5.95 Å². The maximum atomic E-state index is 12.5. The van der Waals surface area contributed by atoms with Gasteiger partial charge in [-0.05, 0) is 25.1 Å². The number of nitrogens with zero attached hydrogens (tertiary/aromatic N) is 5. The SMILES string of the molecule is Cc1ccn2c(NC(=O)c3ccc4cccc(Cl)c4n3)nnc2n1. The molecule has 0 saturated heterocycles. The molecule has 1 amide bonds. The van der Waals surface area contributed by atoms with Crippen LogP contribution in [0.1, 0.15) is 16.2 Å². The standard InChI is InChI=1S/C16H11ClN6O/c1-9-7-8-23-15(18-9)21-22-16(23)20-14(24)12-6-5-10-3-2-4-11(17)13(10)19-12/h2-8H,1H3,(H,20,22,24). The third kappa shape index (κ3) is 2.44. The number of pyridine rings is 1. The van der Waals surface area contributed by atoms with Crippen molar-refractivity contribution >= 4 is 40.1 Å². The topological polar surface area (TPSA) is 85.1 Å². The van der Waals surface area contributed by atoms with E-state index >= 15 is 0 Å². The van der Waals surface area contributed by atoms with Gasteiger partial charge in [-0.25, -0.2) is 9.97 Å². The van der Waals surface area contributed by atoms with Crippen LogP contribution < -0.4 is 5.32 Å². The minimum Gasteiger partial charge on any atom is -0.289 e. The van der Waals surface area contributed by atoms with E-state index < -0.39 is 5.91 Å². The summed E-state index contributed by atoms with van der Waals surface area (Å²) in [6, 6.07) is 10.7. The van der Waals surface area contributed by atoms with E-state index in [1.54, 1.807) is 34.9 Å². The van der Waals surface area contributed by atoms with Crippen molar-refractivity contribution in [2.24, 2.45) is 0 Å². The molecule has 0 aliphatic carbocycles. The Labute approximate surface area is 141 Å². The number of halogens is 1. The summed E-state index contributed by atoms with van der Waals surface area (Å²) < 4.78 is 1.60. The maximum absolute atomic E-state index is 12.5. The van der Waals surface area contributed by atoms with Gasteiger partial charge in [0.1, 0.15) is 5.69 Å². The van der Waals surface area contributed by atoms with E-state index in [0.29, 0.717) is 16.3 Å². The predicted octanol–water partition coefficient (Wildman–Crippen LogP) is 2.89. The number of hydrogen-bond acceptors (Lipinski definition) is 5. The molecule has 3 aromatic heterocycles. The zero-order valence-corrected chi connectivity index (χ0v) is 13.3. The first kappa shape index (κ1) is 14.5. The zero-order valence-electron chi connectivity index (χ0n) is 12.6. The average molecular weight is 339 g/mol. The zero-order chi connectivity index (χ0) is 16.7. The van der Waals surface area contributed by atoms with Crippen LogP contribution in [0.3, 0.4) is 0 Å². The molecule has 8 heteroatoms. The molecule has 4 aromatic rings. The number of amides is 1. The number of hydrogen-bond donors (Lipinski definition) is 1. The quantitative estimate of drug-likeness (QED) is 0.607. The lowest BCUT2D eigenvalue weighted by atomic mass is 10.2. The van der Waals surface area contributed by atoms with E-state index in [1.165, 1.54) is 0 Å². The lowest BCUT2D eigenvalue weighted by Gasteiger charge is -2.05. The highest BCUT2D eigenvalue weighted by molar-refractivity contribution is 6.35. The Morgan fingerprint density at radius 3 is 2.88 bits per heavy atom. The maximum Gasteiger partial charge on any atom is 0.276 e. The summed E-state index contributed by atoms with van der Waals surface area (Å²) in [5, 5.41) is 11.9. The van der Waals surface area contributed by atoms with E-state index in [2.05, 4.69) is 25.5 Å².